The van der Waals surface area contributed by atoms with E-state index in [9.17, 15) is 24.0 Å². The number of amides is 2. The van der Waals surface area contributed by atoms with E-state index in [4.69, 9.17) is 14.2 Å². The summed E-state index contributed by atoms with van der Waals surface area (Å²) in [5.74, 6) is -0.0493. The van der Waals surface area contributed by atoms with Crippen LogP contribution >= 0.6 is 0 Å². The standard InChI is InChI=1S/C32H48N2O5.C19H24N2O3/c1-5-6-7-8-9-10-11-12-13-18-29(35)38-24-34-28-17-15-14-16-26(28)23-27(30(34)36)25-19-21-33(22-20-25)31(37)39-32(2,3)4;1-19(2,3)24-18(23)21-10-8-13(9-11-21)15-12-14-6-4-5-7-16(14)20-17(15)22/h14-17,23,25H,5-13,18-22,24H2,1-4H3;4-7,12-13H,8-11H2,1-3H3,(H,20,22). The van der Waals surface area contributed by atoms with Gasteiger partial charge in [0.15, 0.2) is 6.73 Å². The monoisotopic (exact) mass is 869 g/mol. The molecular weight excluding hydrogens is 797 g/mol. The molecule has 0 atom stereocenters. The zero-order valence-corrected chi connectivity index (χ0v) is 39.0. The molecule has 0 aliphatic carbocycles. The first kappa shape index (κ1) is 48.9. The van der Waals surface area contributed by atoms with Crippen molar-refractivity contribution in [1.82, 2.24) is 19.4 Å². The van der Waals surface area contributed by atoms with Crippen molar-refractivity contribution in [3.63, 3.8) is 0 Å². The third-order valence-corrected chi connectivity index (χ3v) is 11.8. The molecule has 0 unspecified atom stereocenters. The summed E-state index contributed by atoms with van der Waals surface area (Å²) >= 11 is 0. The van der Waals surface area contributed by atoms with Crippen molar-refractivity contribution in [3.05, 3.63) is 92.5 Å². The number of esters is 1. The fourth-order valence-electron chi connectivity index (χ4n) is 8.43. The minimum atomic E-state index is -0.536. The normalized spacial score (nSPS) is 15.2. The number of hydrogen-bond donors (Lipinski definition) is 1. The van der Waals surface area contributed by atoms with E-state index in [1.165, 1.54) is 38.5 Å². The quantitative estimate of drug-likeness (QED) is 0.0750. The largest absolute Gasteiger partial charge is 0.444 e. The van der Waals surface area contributed by atoms with Crippen LogP contribution < -0.4 is 11.1 Å². The number of piperidine rings is 2. The number of H-pyrrole nitrogens is 1. The second-order valence-electron chi connectivity index (χ2n) is 19.2. The van der Waals surface area contributed by atoms with Crippen LogP contribution in [0.15, 0.2) is 70.3 Å². The van der Waals surface area contributed by atoms with Crippen LogP contribution in [0.3, 0.4) is 0 Å². The summed E-state index contributed by atoms with van der Waals surface area (Å²) in [6.07, 6.45) is 13.4. The van der Waals surface area contributed by atoms with Crippen molar-refractivity contribution in [2.24, 2.45) is 0 Å². The maximum absolute atomic E-state index is 13.6. The van der Waals surface area contributed by atoms with E-state index < -0.39 is 11.2 Å². The summed E-state index contributed by atoms with van der Waals surface area (Å²) in [6, 6.07) is 19.5. The van der Waals surface area contributed by atoms with Crippen LogP contribution in [-0.2, 0) is 25.7 Å². The molecule has 0 radical (unpaired) electrons. The van der Waals surface area contributed by atoms with Crippen LogP contribution in [-0.4, -0.2) is 74.9 Å². The number of likely N-dealkylation sites (tertiary alicyclic amines) is 2. The Hall–Kier alpha value is -5.13. The minimum Gasteiger partial charge on any atom is -0.444 e. The Balaban J connectivity index is 0.000000265. The van der Waals surface area contributed by atoms with E-state index >= 15 is 0 Å². The summed E-state index contributed by atoms with van der Waals surface area (Å²) < 4.78 is 18.1. The van der Waals surface area contributed by atoms with Crippen LogP contribution in [0.5, 0.6) is 0 Å². The lowest BCUT2D eigenvalue weighted by Gasteiger charge is -2.33. The Morgan fingerprint density at radius 3 is 1.67 bits per heavy atom. The fourth-order valence-corrected chi connectivity index (χ4v) is 8.43. The number of unbranched alkanes of at least 4 members (excludes halogenated alkanes) is 8. The molecule has 2 amide bonds. The van der Waals surface area contributed by atoms with Crippen LogP contribution in [0, 0.1) is 0 Å². The molecule has 0 bridgehead atoms. The van der Waals surface area contributed by atoms with Crippen molar-refractivity contribution in [3.8, 4) is 0 Å². The fraction of sp³-hybridized carbons (Fsp3) is 0.588. The first-order chi connectivity index (χ1) is 30.0. The van der Waals surface area contributed by atoms with Gasteiger partial charge < -0.3 is 29.0 Å². The lowest BCUT2D eigenvalue weighted by molar-refractivity contribution is -0.147. The Labute approximate surface area is 373 Å². The highest BCUT2D eigenvalue weighted by atomic mass is 16.6. The molecule has 63 heavy (non-hydrogen) atoms. The summed E-state index contributed by atoms with van der Waals surface area (Å²) in [5, 5.41) is 1.98. The molecule has 4 heterocycles. The van der Waals surface area contributed by atoms with Gasteiger partial charge in [0.05, 0.1) is 5.52 Å². The predicted molar refractivity (Wildman–Crippen MR) is 250 cm³/mol. The maximum atomic E-state index is 13.6. The highest BCUT2D eigenvalue weighted by Gasteiger charge is 2.30. The van der Waals surface area contributed by atoms with Gasteiger partial charge in [0.25, 0.3) is 11.1 Å². The summed E-state index contributed by atoms with van der Waals surface area (Å²) in [6.45, 7) is 15.6. The van der Waals surface area contributed by atoms with Gasteiger partial charge in [-0.1, -0.05) is 94.7 Å². The van der Waals surface area contributed by atoms with Crippen molar-refractivity contribution in [1.29, 1.82) is 0 Å². The van der Waals surface area contributed by atoms with Crippen LogP contribution in [0.1, 0.15) is 161 Å². The van der Waals surface area contributed by atoms with Gasteiger partial charge in [0.1, 0.15) is 11.2 Å². The van der Waals surface area contributed by atoms with Crippen LogP contribution in [0.2, 0.25) is 0 Å². The molecule has 0 saturated carbocycles. The number of aromatic amines is 1. The number of rotatable bonds is 14. The van der Waals surface area contributed by atoms with Crippen molar-refractivity contribution >= 4 is 40.0 Å². The van der Waals surface area contributed by atoms with Gasteiger partial charge in [-0.25, -0.2) is 9.59 Å². The SMILES string of the molecule is CC(C)(C)OC(=O)N1CCC(c2cc3ccccc3[nH]c2=O)CC1.CCCCCCCCCCCC(=O)OCn1c(=O)c(C2CCN(C(=O)OC(C)(C)C)CC2)cc2ccccc21. The molecule has 6 rings (SSSR count). The predicted octanol–water partition coefficient (Wildman–Crippen LogP) is 11.2. The van der Waals surface area contributed by atoms with Crippen molar-refractivity contribution in [2.45, 2.75) is 168 Å². The van der Waals surface area contributed by atoms with E-state index in [0.717, 1.165) is 59.5 Å². The van der Waals surface area contributed by atoms with Gasteiger partial charge in [0, 0.05) is 49.2 Å². The molecule has 1 N–H and O–H groups in total. The van der Waals surface area contributed by atoms with Gasteiger partial charge >= 0.3 is 18.2 Å². The summed E-state index contributed by atoms with van der Waals surface area (Å²) in [5.41, 5.74) is 1.98. The highest BCUT2D eigenvalue weighted by molar-refractivity contribution is 5.80. The minimum absolute atomic E-state index is 0.0237. The van der Waals surface area contributed by atoms with Gasteiger partial charge in [-0.3, -0.25) is 19.0 Å². The number of para-hydroxylation sites is 2. The molecule has 2 aliphatic rings. The summed E-state index contributed by atoms with van der Waals surface area (Å²) in [4.78, 5) is 69.4. The van der Waals surface area contributed by atoms with Crippen LogP contribution in [0.25, 0.3) is 21.8 Å². The average Bonchev–Trinajstić information content (AvgIpc) is 3.24. The number of ether oxygens (including phenoxy) is 3. The molecule has 2 fully saturated rings. The zero-order chi connectivity index (χ0) is 45.6. The molecule has 2 aliphatic heterocycles. The van der Waals surface area contributed by atoms with Gasteiger partial charge in [-0.05, 0) is 121 Å². The molecule has 2 aromatic heterocycles. The number of carbonyl (C=O) groups is 3. The summed E-state index contributed by atoms with van der Waals surface area (Å²) in [7, 11) is 0. The van der Waals surface area contributed by atoms with Gasteiger partial charge in [0.2, 0.25) is 0 Å². The van der Waals surface area contributed by atoms with E-state index in [0.29, 0.717) is 51.0 Å². The third-order valence-electron chi connectivity index (χ3n) is 11.8. The van der Waals surface area contributed by atoms with Gasteiger partial charge in [-0.15, -0.1) is 0 Å². The number of hydrogen-bond acceptors (Lipinski definition) is 8. The zero-order valence-electron chi connectivity index (χ0n) is 39.0. The Morgan fingerprint density at radius 1 is 0.635 bits per heavy atom. The van der Waals surface area contributed by atoms with E-state index in [1.807, 2.05) is 102 Å². The number of nitrogens with one attached hydrogen (secondary N) is 1. The van der Waals surface area contributed by atoms with E-state index in [1.54, 1.807) is 14.4 Å². The second kappa shape index (κ2) is 23.0. The lowest BCUT2D eigenvalue weighted by atomic mass is 9.89. The van der Waals surface area contributed by atoms with Crippen LogP contribution in [0.4, 0.5) is 9.59 Å². The number of fused-ring (bicyclic) bond motifs is 2. The third kappa shape index (κ3) is 15.0. The number of pyridine rings is 2. The van der Waals surface area contributed by atoms with Gasteiger partial charge in [-0.2, -0.15) is 0 Å². The van der Waals surface area contributed by atoms with E-state index in [2.05, 4.69) is 11.9 Å². The maximum Gasteiger partial charge on any atom is 0.410 e. The topological polar surface area (TPSA) is 140 Å². The first-order valence-corrected chi connectivity index (χ1v) is 23.4. The molecule has 0 spiro atoms. The molecule has 12 nitrogen and oxygen atoms in total. The number of nitrogens with zero attached hydrogens (tertiary/aromatic N) is 3. The molecular formula is C51H72N4O8. The highest BCUT2D eigenvalue weighted by Crippen LogP contribution is 2.30. The molecule has 12 heteroatoms. The molecule has 4 aromatic rings. The number of benzene rings is 2. The molecule has 2 aromatic carbocycles. The number of carbonyl (C=O) groups excluding carboxylic acids is 3. The van der Waals surface area contributed by atoms with E-state index in [-0.39, 0.29) is 47.8 Å². The second-order valence-corrected chi connectivity index (χ2v) is 19.2. The lowest BCUT2D eigenvalue weighted by Crippen LogP contribution is -2.42. The Bertz CT molecular complexity index is 2230. The smallest absolute Gasteiger partial charge is 0.410 e. The Morgan fingerprint density at radius 2 is 1.11 bits per heavy atom. The van der Waals surface area contributed by atoms with Crippen molar-refractivity contribution in [2.75, 3.05) is 26.2 Å². The molecule has 344 valence electrons. The molecule has 2 saturated heterocycles. The first-order valence-electron chi connectivity index (χ1n) is 23.4. The average molecular weight is 869 g/mol. The van der Waals surface area contributed by atoms with Crippen molar-refractivity contribution < 1.29 is 28.6 Å². The Kier molecular flexibility index (Phi) is 17.8. The number of aromatic nitrogens is 2.